The summed E-state index contributed by atoms with van der Waals surface area (Å²) in [5, 5.41) is 12.5. The minimum atomic E-state index is -0.284. The first kappa shape index (κ1) is 17.1. The number of rotatable bonds is 3. The predicted molar refractivity (Wildman–Crippen MR) is 98.8 cm³/mol. The Balaban J connectivity index is 1.27. The Bertz CT molecular complexity index is 1240. The molecular formula is C20H14FN5O4. The second-order valence-electron chi connectivity index (χ2n) is 6.91. The molecule has 2 aromatic heterocycles. The Kier molecular flexibility index (Phi) is 3.78. The lowest BCUT2D eigenvalue weighted by molar-refractivity contribution is -0.00120. The molecule has 150 valence electrons. The topological polar surface area (TPSA) is 97.3 Å². The van der Waals surface area contributed by atoms with Crippen LogP contribution in [0.3, 0.4) is 0 Å². The third kappa shape index (κ3) is 2.80. The van der Waals surface area contributed by atoms with Gasteiger partial charge in [-0.15, -0.1) is 5.10 Å². The molecule has 0 saturated carbocycles. The van der Waals surface area contributed by atoms with Gasteiger partial charge in [0.05, 0.1) is 18.8 Å². The summed E-state index contributed by atoms with van der Waals surface area (Å²) in [6.07, 6.45) is -0.237. The lowest BCUT2D eigenvalue weighted by Crippen LogP contribution is -2.22. The molecule has 4 heterocycles. The predicted octanol–water partition coefficient (Wildman–Crippen LogP) is 3.13. The van der Waals surface area contributed by atoms with Crippen LogP contribution in [0.2, 0.25) is 0 Å². The summed E-state index contributed by atoms with van der Waals surface area (Å²) in [7, 11) is 0. The lowest BCUT2D eigenvalue weighted by atomic mass is 10.1. The fourth-order valence-electron chi connectivity index (χ4n) is 3.53. The van der Waals surface area contributed by atoms with Gasteiger partial charge in [-0.05, 0) is 35.9 Å². The molecule has 2 aromatic carbocycles. The first-order valence-corrected chi connectivity index (χ1v) is 9.28. The molecule has 0 fully saturated rings. The van der Waals surface area contributed by atoms with Crippen LogP contribution in [0.1, 0.15) is 17.4 Å². The van der Waals surface area contributed by atoms with Crippen LogP contribution < -0.4 is 9.47 Å². The largest absolute Gasteiger partial charge is 0.454 e. The summed E-state index contributed by atoms with van der Waals surface area (Å²) in [6.45, 7) is 0.922. The van der Waals surface area contributed by atoms with Gasteiger partial charge >= 0.3 is 0 Å². The molecule has 0 radical (unpaired) electrons. The van der Waals surface area contributed by atoms with Crippen LogP contribution in [0.15, 0.2) is 47.0 Å². The molecule has 0 amide bonds. The van der Waals surface area contributed by atoms with Crippen molar-refractivity contribution in [2.24, 2.45) is 0 Å². The van der Waals surface area contributed by atoms with E-state index >= 15 is 0 Å². The van der Waals surface area contributed by atoms with E-state index in [1.54, 1.807) is 28.9 Å². The normalized spacial score (nSPS) is 17.2. The number of hydrogen-bond donors (Lipinski definition) is 0. The van der Waals surface area contributed by atoms with Crippen LogP contribution in [0.4, 0.5) is 4.39 Å². The standard InChI is InChI=1S/C20H14FN5O4/c21-13-4-1-11(2-5-13)17-8-26-14(9-27-17)18(23-25-26)20-22-19(24-30-20)12-3-6-15-16(7-12)29-10-28-15/h1-7,17H,8-10H2/t17-/m0/s1. The van der Waals surface area contributed by atoms with E-state index in [2.05, 4.69) is 20.5 Å². The van der Waals surface area contributed by atoms with Crippen molar-refractivity contribution in [3.8, 4) is 34.5 Å². The zero-order valence-electron chi connectivity index (χ0n) is 15.5. The Hall–Kier alpha value is -3.79. The van der Waals surface area contributed by atoms with Crippen molar-refractivity contribution >= 4 is 0 Å². The molecular weight excluding hydrogens is 393 g/mol. The number of ether oxygens (including phenoxy) is 3. The number of halogens is 1. The first-order valence-electron chi connectivity index (χ1n) is 9.28. The Morgan fingerprint density at radius 1 is 1.03 bits per heavy atom. The molecule has 0 saturated heterocycles. The van der Waals surface area contributed by atoms with E-state index in [1.165, 1.54) is 12.1 Å². The Labute approximate surface area is 169 Å². The summed E-state index contributed by atoms with van der Waals surface area (Å²) >= 11 is 0. The van der Waals surface area contributed by atoms with Crippen molar-refractivity contribution in [1.29, 1.82) is 0 Å². The number of fused-ring (bicyclic) bond motifs is 2. The molecule has 0 aliphatic carbocycles. The van der Waals surface area contributed by atoms with Gasteiger partial charge in [-0.2, -0.15) is 4.98 Å². The van der Waals surface area contributed by atoms with Crippen molar-refractivity contribution < 1.29 is 23.1 Å². The monoisotopic (exact) mass is 407 g/mol. The van der Waals surface area contributed by atoms with Crippen molar-refractivity contribution in [3.05, 3.63) is 59.5 Å². The van der Waals surface area contributed by atoms with E-state index in [-0.39, 0.29) is 31.2 Å². The molecule has 6 rings (SSSR count). The van der Waals surface area contributed by atoms with Gasteiger partial charge in [-0.25, -0.2) is 9.07 Å². The summed E-state index contributed by atoms with van der Waals surface area (Å²) in [6, 6.07) is 11.7. The molecule has 0 bridgehead atoms. The maximum absolute atomic E-state index is 13.2. The highest BCUT2D eigenvalue weighted by Crippen LogP contribution is 2.36. The Morgan fingerprint density at radius 2 is 1.90 bits per heavy atom. The molecule has 2 aliphatic heterocycles. The van der Waals surface area contributed by atoms with Gasteiger partial charge in [0, 0.05) is 5.56 Å². The number of aromatic nitrogens is 5. The Morgan fingerprint density at radius 3 is 2.80 bits per heavy atom. The smallest absolute Gasteiger partial charge is 0.280 e. The van der Waals surface area contributed by atoms with Crippen LogP contribution in [-0.4, -0.2) is 31.9 Å². The highest BCUT2D eigenvalue weighted by atomic mass is 19.1. The average Bonchev–Trinajstić information content (AvgIpc) is 3.51. The van der Waals surface area contributed by atoms with Crippen LogP contribution in [0.5, 0.6) is 11.5 Å². The number of nitrogens with zero attached hydrogens (tertiary/aromatic N) is 5. The van der Waals surface area contributed by atoms with E-state index in [0.29, 0.717) is 29.6 Å². The maximum Gasteiger partial charge on any atom is 0.280 e. The molecule has 0 unspecified atom stereocenters. The highest BCUT2D eigenvalue weighted by Gasteiger charge is 2.28. The molecule has 30 heavy (non-hydrogen) atoms. The summed E-state index contributed by atoms with van der Waals surface area (Å²) in [5.41, 5.74) is 2.84. The SMILES string of the molecule is Fc1ccc([C@@H]2Cn3nnc(-c4nc(-c5ccc6c(c5)OCO6)no4)c3CO2)cc1. The number of benzene rings is 2. The van der Waals surface area contributed by atoms with E-state index in [1.807, 2.05) is 6.07 Å². The molecule has 4 aromatic rings. The summed E-state index contributed by atoms with van der Waals surface area (Å²) in [5.74, 6) is 1.70. The number of hydrogen-bond acceptors (Lipinski definition) is 8. The third-order valence-electron chi connectivity index (χ3n) is 5.10. The van der Waals surface area contributed by atoms with Gasteiger partial charge in [0.15, 0.2) is 17.2 Å². The van der Waals surface area contributed by atoms with Gasteiger partial charge < -0.3 is 18.7 Å². The molecule has 2 aliphatic rings. The minimum Gasteiger partial charge on any atom is -0.454 e. The van der Waals surface area contributed by atoms with Crippen LogP contribution in [0.25, 0.3) is 23.0 Å². The third-order valence-corrected chi connectivity index (χ3v) is 5.10. The van der Waals surface area contributed by atoms with Gasteiger partial charge in [0.2, 0.25) is 12.6 Å². The molecule has 1 atom stereocenters. The van der Waals surface area contributed by atoms with Crippen LogP contribution in [-0.2, 0) is 17.9 Å². The van der Waals surface area contributed by atoms with Gasteiger partial charge in [0.25, 0.3) is 5.89 Å². The first-order chi connectivity index (χ1) is 14.7. The lowest BCUT2D eigenvalue weighted by Gasteiger charge is -2.24. The molecule has 10 heteroatoms. The van der Waals surface area contributed by atoms with Crippen molar-refractivity contribution in [3.63, 3.8) is 0 Å². The van der Waals surface area contributed by atoms with E-state index in [4.69, 9.17) is 18.7 Å². The van der Waals surface area contributed by atoms with Gasteiger partial charge in [-0.3, -0.25) is 0 Å². The van der Waals surface area contributed by atoms with Crippen LogP contribution in [0, 0.1) is 5.82 Å². The average molecular weight is 407 g/mol. The van der Waals surface area contributed by atoms with Gasteiger partial charge in [0.1, 0.15) is 11.9 Å². The van der Waals surface area contributed by atoms with Crippen molar-refractivity contribution in [2.45, 2.75) is 19.3 Å². The summed E-state index contributed by atoms with van der Waals surface area (Å²) < 4.78 is 37.0. The summed E-state index contributed by atoms with van der Waals surface area (Å²) in [4.78, 5) is 4.46. The molecule has 0 N–H and O–H groups in total. The van der Waals surface area contributed by atoms with Crippen molar-refractivity contribution in [1.82, 2.24) is 25.1 Å². The zero-order chi connectivity index (χ0) is 20.1. The second kappa shape index (κ2) is 6.63. The fraction of sp³-hybridized carbons (Fsp3) is 0.200. The zero-order valence-corrected chi connectivity index (χ0v) is 15.5. The van der Waals surface area contributed by atoms with Crippen LogP contribution >= 0.6 is 0 Å². The highest BCUT2D eigenvalue weighted by molar-refractivity contribution is 5.63. The van der Waals surface area contributed by atoms with Gasteiger partial charge in [-0.1, -0.05) is 22.5 Å². The molecule has 9 nitrogen and oxygen atoms in total. The minimum absolute atomic E-state index is 0.196. The fourth-order valence-corrected chi connectivity index (χ4v) is 3.53. The second-order valence-corrected chi connectivity index (χ2v) is 6.91. The van der Waals surface area contributed by atoms with Crippen molar-refractivity contribution in [2.75, 3.05) is 6.79 Å². The van der Waals surface area contributed by atoms with E-state index in [0.717, 1.165) is 16.8 Å². The quantitative estimate of drug-likeness (QED) is 0.511. The van der Waals surface area contributed by atoms with E-state index in [9.17, 15) is 4.39 Å². The van der Waals surface area contributed by atoms with E-state index < -0.39 is 0 Å². The molecule has 0 spiro atoms. The maximum atomic E-state index is 13.2.